The van der Waals surface area contributed by atoms with Crippen molar-refractivity contribution < 1.29 is 9.53 Å². The SMILES string of the molecule is CCC(C#N)(CC)C(NC1CCC2(CC1)CC(NC(=O)OC(C)(C)C)C2)c1nnnn1C(C)(C)C. The molecule has 0 radical (unpaired) electrons. The molecule has 1 aromatic rings. The number of nitrogens with zero attached hydrogens (tertiary/aromatic N) is 5. The summed E-state index contributed by atoms with van der Waals surface area (Å²) in [7, 11) is 0. The third-order valence-corrected chi connectivity index (χ3v) is 7.95. The fourth-order valence-electron chi connectivity index (χ4n) is 5.82. The first-order chi connectivity index (χ1) is 16.3. The van der Waals surface area contributed by atoms with Gasteiger partial charge in [0.2, 0.25) is 0 Å². The molecule has 1 spiro atoms. The summed E-state index contributed by atoms with van der Waals surface area (Å²) in [6.45, 7) is 16.1. The first kappa shape index (κ1) is 27.4. The van der Waals surface area contributed by atoms with Gasteiger partial charge in [0.1, 0.15) is 5.60 Å². The molecule has 9 heteroatoms. The molecule has 35 heavy (non-hydrogen) atoms. The monoisotopic (exact) mass is 487 g/mol. The van der Waals surface area contributed by atoms with Gasteiger partial charge >= 0.3 is 6.09 Å². The van der Waals surface area contributed by atoms with Gasteiger partial charge in [0.05, 0.1) is 23.1 Å². The van der Waals surface area contributed by atoms with Crippen LogP contribution >= 0.6 is 0 Å². The minimum atomic E-state index is -0.578. The summed E-state index contributed by atoms with van der Waals surface area (Å²) in [5.74, 6) is 0.744. The van der Waals surface area contributed by atoms with Gasteiger partial charge in [-0.25, -0.2) is 9.48 Å². The molecule has 2 N–H and O–H groups in total. The number of carbonyl (C=O) groups is 1. The maximum atomic E-state index is 12.1. The quantitative estimate of drug-likeness (QED) is 0.555. The second-order valence-corrected chi connectivity index (χ2v) is 12.7. The Hall–Kier alpha value is -2.21. The molecular formula is C26H45N7O2. The number of amides is 1. The van der Waals surface area contributed by atoms with Crippen molar-refractivity contribution >= 4 is 6.09 Å². The topological polar surface area (TPSA) is 118 Å². The Bertz CT molecular complexity index is 901. The number of aromatic nitrogens is 4. The summed E-state index contributed by atoms with van der Waals surface area (Å²) < 4.78 is 7.27. The molecule has 1 aromatic heterocycles. The van der Waals surface area contributed by atoms with E-state index in [0.717, 1.165) is 57.2 Å². The van der Waals surface area contributed by atoms with E-state index in [1.807, 2.05) is 25.5 Å². The van der Waals surface area contributed by atoms with Crippen molar-refractivity contribution in [2.45, 2.75) is 136 Å². The average Bonchev–Trinajstić information content (AvgIpc) is 3.23. The number of nitriles is 1. The molecule has 1 heterocycles. The van der Waals surface area contributed by atoms with Crippen LogP contribution in [0.25, 0.3) is 0 Å². The lowest BCUT2D eigenvalue weighted by Crippen LogP contribution is -2.54. The van der Waals surface area contributed by atoms with Crippen LogP contribution in [0.3, 0.4) is 0 Å². The maximum absolute atomic E-state index is 12.1. The van der Waals surface area contributed by atoms with Crippen LogP contribution in [-0.4, -0.2) is 44.0 Å². The Morgan fingerprint density at radius 1 is 1.14 bits per heavy atom. The summed E-state index contributed by atoms with van der Waals surface area (Å²) in [5, 5.41) is 29.8. The van der Waals surface area contributed by atoms with Crippen LogP contribution in [0.15, 0.2) is 0 Å². The van der Waals surface area contributed by atoms with Crippen molar-refractivity contribution in [3.8, 4) is 6.07 Å². The highest BCUT2D eigenvalue weighted by atomic mass is 16.6. The van der Waals surface area contributed by atoms with Gasteiger partial charge in [-0.05, 0) is 109 Å². The first-order valence-corrected chi connectivity index (χ1v) is 13.2. The molecule has 1 amide bonds. The number of alkyl carbamates (subject to hydrolysis) is 1. The van der Waals surface area contributed by atoms with Gasteiger partial charge in [0.15, 0.2) is 5.82 Å². The zero-order valence-electron chi connectivity index (χ0n) is 22.9. The molecule has 0 aliphatic heterocycles. The Morgan fingerprint density at radius 2 is 1.74 bits per heavy atom. The highest BCUT2D eigenvalue weighted by Crippen LogP contribution is 2.52. The van der Waals surface area contributed by atoms with E-state index in [1.54, 1.807) is 0 Å². The van der Waals surface area contributed by atoms with Crippen LogP contribution in [0.5, 0.6) is 0 Å². The molecule has 2 saturated carbocycles. The second kappa shape index (κ2) is 10.0. The van der Waals surface area contributed by atoms with E-state index >= 15 is 0 Å². The van der Waals surface area contributed by atoms with E-state index in [-0.39, 0.29) is 23.7 Å². The largest absolute Gasteiger partial charge is 0.444 e. The number of carbonyl (C=O) groups excluding carboxylic acids is 1. The van der Waals surface area contributed by atoms with Crippen LogP contribution < -0.4 is 10.6 Å². The van der Waals surface area contributed by atoms with E-state index in [2.05, 4.69) is 66.8 Å². The summed E-state index contributed by atoms with van der Waals surface area (Å²) >= 11 is 0. The highest BCUT2D eigenvalue weighted by molar-refractivity contribution is 5.68. The minimum absolute atomic E-state index is 0.199. The predicted molar refractivity (Wildman–Crippen MR) is 134 cm³/mol. The standard InChI is InChI=1S/C26H45N7O2/c1-9-26(10-2,17-27)20(21-30-31-32-33(21)23(3,4)5)28-18-11-13-25(14-12-18)15-19(16-25)29-22(34)35-24(6,7)8/h18-20,28H,9-16H2,1-8H3,(H,29,34). The molecule has 1 unspecified atom stereocenters. The Balaban J connectivity index is 1.65. The first-order valence-electron chi connectivity index (χ1n) is 13.2. The second-order valence-electron chi connectivity index (χ2n) is 12.7. The molecular weight excluding hydrogens is 442 g/mol. The van der Waals surface area contributed by atoms with Crippen LogP contribution in [0.1, 0.15) is 119 Å². The van der Waals surface area contributed by atoms with Gasteiger partial charge < -0.3 is 15.4 Å². The van der Waals surface area contributed by atoms with Crippen molar-refractivity contribution in [1.29, 1.82) is 5.26 Å². The number of tetrazole rings is 1. The highest BCUT2D eigenvalue weighted by Gasteiger charge is 2.48. The molecule has 0 aromatic carbocycles. The number of rotatable bonds is 7. The molecule has 2 fully saturated rings. The summed E-state index contributed by atoms with van der Waals surface area (Å²) in [6, 6.07) is 2.89. The molecule has 196 valence electrons. The smallest absolute Gasteiger partial charge is 0.407 e. The molecule has 2 aliphatic carbocycles. The Kier molecular flexibility index (Phi) is 7.85. The van der Waals surface area contributed by atoms with E-state index < -0.39 is 11.0 Å². The summed E-state index contributed by atoms with van der Waals surface area (Å²) in [4.78, 5) is 12.1. The van der Waals surface area contributed by atoms with Gasteiger partial charge in [0.25, 0.3) is 0 Å². The van der Waals surface area contributed by atoms with Crippen molar-refractivity contribution in [3.63, 3.8) is 0 Å². The van der Waals surface area contributed by atoms with Crippen molar-refractivity contribution in [2.24, 2.45) is 10.8 Å². The Labute approximate surface area is 210 Å². The van der Waals surface area contributed by atoms with Crippen molar-refractivity contribution in [3.05, 3.63) is 5.82 Å². The van der Waals surface area contributed by atoms with Gasteiger partial charge in [-0.2, -0.15) is 5.26 Å². The molecule has 0 bridgehead atoms. The third-order valence-electron chi connectivity index (χ3n) is 7.95. The minimum Gasteiger partial charge on any atom is -0.444 e. The van der Waals surface area contributed by atoms with E-state index in [4.69, 9.17) is 4.74 Å². The van der Waals surface area contributed by atoms with Gasteiger partial charge in [0, 0.05) is 12.1 Å². The average molecular weight is 488 g/mol. The lowest BCUT2D eigenvalue weighted by atomic mass is 9.57. The Morgan fingerprint density at radius 3 is 2.23 bits per heavy atom. The number of hydrogen-bond acceptors (Lipinski definition) is 7. The zero-order chi connectivity index (χ0) is 26.1. The third kappa shape index (κ3) is 6.14. The summed E-state index contributed by atoms with van der Waals surface area (Å²) in [5.41, 5.74) is -1.03. The van der Waals surface area contributed by atoms with Crippen LogP contribution in [0.2, 0.25) is 0 Å². The fraction of sp³-hybridized carbons (Fsp3) is 0.885. The fourth-order valence-corrected chi connectivity index (χ4v) is 5.82. The number of hydrogen-bond donors (Lipinski definition) is 2. The van der Waals surface area contributed by atoms with Gasteiger partial charge in [-0.15, -0.1) is 5.10 Å². The number of ether oxygens (including phenoxy) is 1. The zero-order valence-corrected chi connectivity index (χ0v) is 22.9. The summed E-state index contributed by atoms with van der Waals surface area (Å²) in [6.07, 6.45) is 7.47. The number of nitrogens with one attached hydrogen (secondary N) is 2. The van der Waals surface area contributed by atoms with Crippen LogP contribution in [-0.2, 0) is 10.3 Å². The van der Waals surface area contributed by atoms with Crippen molar-refractivity contribution in [2.75, 3.05) is 0 Å². The molecule has 1 atom stereocenters. The molecule has 0 saturated heterocycles. The van der Waals surface area contributed by atoms with E-state index in [1.165, 1.54) is 0 Å². The van der Waals surface area contributed by atoms with E-state index in [0.29, 0.717) is 11.5 Å². The van der Waals surface area contributed by atoms with Crippen LogP contribution in [0, 0.1) is 22.2 Å². The molecule has 9 nitrogen and oxygen atoms in total. The molecule has 2 aliphatic rings. The maximum Gasteiger partial charge on any atom is 0.407 e. The van der Waals surface area contributed by atoms with Crippen LogP contribution in [0.4, 0.5) is 4.79 Å². The lowest BCUT2D eigenvalue weighted by Gasteiger charge is -2.52. The molecule has 3 rings (SSSR count). The van der Waals surface area contributed by atoms with Gasteiger partial charge in [-0.1, -0.05) is 13.8 Å². The normalized spacial score (nSPS) is 26.0. The van der Waals surface area contributed by atoms with Gasteiger partial charge in [-0.3, -0.25) is 0 Å². The lowest BCUT2D eigenvalue weighted by molar-refractivity contribution is 0.00965. The van der Waals surface area contributed by atoms with Crippen molar-refractivity contribution in [1.82, 2.24) is 30.8 Å². The predicted octanol–water partition coefficient (Wildman–Crippen LogP) is 5.00. The van der Waals surface area contributed by atoms with E-state index in [9.17, 15) is 10.1 Å².